The molecule has 6 nitrogen and oxygen atoms in total. The van der Waals surface area contributed by atoms with Crippen LogP contribution in [0, 0.1) is 0 Å². The van der Waals surface area contributed by atoms with E-state index in [2.05, 4.69) is 10.6 Å². The van der Waals surface area contributed by atoms with Gasteiger partial charge in [-0.15, -0.1) is 0 Å². The summed E-state index contributed by atoms with van der Waals surface area (Å²) in [6.07, 6.45) is -0.201. The van der Waals surface area contributed by atoms with Gasteiger partial charge in [-0.05, 0) is 24.1 Å². The highest BCUT2D eigenvalue weighted by Gasteiger charge is 2.19. The lowest BCUT2D eigenvalue weighted by Crippen LogP contribution is -2.37. The average Bonchev–Trinajstić information content (AvgIpc) is 2.39. The van der Waals surface area contributed by atoms with E-state index in [-0.39, 0.29) is 18.5 Å². The van der Waals surface area contributed by atoms with E-state index in [9.17, 15) is 14.7 Å². The fourth-order valence-electron chi connectivity index (χ4n) is 1.90. The largest absolute Gasteiger partial charge is 0.480 e. The molecule has 0 aliphatic rings. The molecule has 0 aliphatic heterocycles. The maximum Gasteiger partial charge on any atom is 0.317 e. The van der Waals surface area contributed by atoms with Crippen LogP contribution in [-0.4, -0.2) is 34.7 Å². The van der Waals surface area contributed by atoms with Crippen LogP contribution in [0.25, 0.3) is 0 Å². The van der Waals surface area contributed by atoms with Crippen LogP contribution in [-0.2, 0) is 9.59 Å². The van der Waals surface area contributed by atoms with E-state index in [1.165, 1.54) is 6.92 Å². The summed E-state index contributed by atoms with van der Waals surface area (Å²) in [4.78, 5) is 21.5. The van der Waals surface area contributed by atoms with Gasteiger partial charge in [-0.1, -0.05) is 19.1 Å². The van der Waals surface area contributed by atoms with E-state index < -0.39 is 12.1 Å². The Morgan fingerprint density at radius 1 is 1.25 bits per heavy atom. The molecular weight excluding hydrogens is 260 g/mol. The fraction of sp³-hybridized carbons (Fsp3) is 0.429. The standard InChI is InChI=1S/C14H20N2O4/c1-3-12(15-8-13(18)19)14(20)10-4-6-11(7-5-10)16-9(2)17/h4-7,12,14-15,20H,3,8H2,1-2H3,(H,16,17)(H,18,19). The zero-order valence-electron chi connectivity index (χ0n) is 11.6. The van der Waals surface area contributed by atoms with Gasteiger partial charge in [-0.3, -0.25) is 9.59 Å². The van der Waals surface area contributed by atoms with Gasteiger partial charge < -0.3 is 20.8 Å². The molecule has 0 spiro atoms. The zero-order chi connectivity index (χ0) is 15.1. The quantitative estimate of drug-likeness (QED) is 0.600. The second-order valence-corrected chi connectivity index (χ2v) is 4.54. The van der Waals surface area contributed by atoms with Crippen LogP contribution >= 0.6 is 0 Å². The minimum Gasteiger partial charge on any atom is -0.480 e. The first-order valence-electron chi connectivity index (χ1n) is 6.44. The molecule has 1 amide bonds. The van der Waals surface area contributed by atoms with Crippen molar-refractivity contribution in [3.05, 3.63) is 29.8 Å². The van der Waals surface area contributed by atoms with Gasteiger partial charge in [0.05, 0.1) is 12.6 Å². The molecule has 20 heavy (non-hydrogen) atoms. The summed E-state index contributed by atoms with van der Waals surface area (Å²) in [6, 6.07) is 6.48. The van der Waals surface area contributed by atoms with Crippen LogP contribution in [0.3, 0.4) is 0 Å². The number of nitrogens with one attached hydrogen (secondary N) is 2. The average molecular weight is 280 g/mol. The van der Waals surface area contributed by atoms with Crippen LogP contribution in [0.15, 0.2) is 24.3 Å². The maximum absolute atomic E-state index is 10.9. The number of hydrogen-bond acceptors (Lipinski definition) is 4. The highest BCUT2D eigenvalue weighted by molar-refractivity contribution is 5.88. The molecule has 1 aromatic rings. The number of aliphatic carboxylic acids is 1. The molecule has 0 radical (unpaired) electrons. The molecule has 0 fully saturated rings. The zero-order valence-corrected chi connectivity index (χ0v) is 11.6. The van der Waals surface area contributed by atoms with Crippen molar-refractivity contribution in [2.24, 2.45) is 0 Å². The first-order chi connectivity index (χ1) is 9.43. The summed E-state index contributed by atoms with van der Waals surface area (Å²) < 4.78 is 0. The van der Waals surface area contributed by atoms with E-state index in [4.69, 9.17) is 5.11 Å². The fourth-order valence-corrected chi connectivity index (χ4v) is 1.90. The van der Waals surface area contributed by atoms with Crippen molar-refractivity contribution in [2.75, 3.05) is 11.9 Å². The number of aliphatic hydroxyl groups excluding tert-OH is 1. The number of carbonyl (C=O) groups is 2. The number of anilines is 1. The Kier molecular flexibility index (Phi) is 6.14. The van der Waals surface area contributed by atoms with Gasteiger partial charge in [0.2, 0.25) is 5.91 Å². The van der Waals surface area contributed by atoms with Crippen molar-refractivity contribution in [1.29, 1.82) is 0 Å². The number of hydrogen-bond donors (Lipinski definition) is 4. The van der Waals surface area contributed by atoms with Crippen molar-refractivity contribution in [2.45, 2.75) is 32.4 Å². The second kappa shape index (κ2) is 7.62. The normalized spacial score (nSPS) is 13.6. The lowest BCUT2D eigenvalue weighted by Gasteiger charge is -2.22. The number of carboxylic acid groups (broad SMARTS) is 1. The lowest BCUT2D eigenvalue weighted by molar-refractivity contribution is -0.136. The number of amides is 1. The summed E-state index contributed by atoms with van der Waals surface area (Å²) in [6.45, 7) is 3.10. The molecule has 0 bridgehead atoms. The van der Waals surface area contributed by atoms with Crippen LogP contribution in [0.1, 0.15) is 31.9 Å². The molecule has 1 aromatic carbocycles. The molecule has 0 saturated carbocycles. The van der Waals surface area contributed by atoms with Crippen molar-refractivity contribution < 1.29 is 19.8 Å². The third-order valence-corrected chi connectivity index (χ3v) is 2.91. The Morgan fingerprint density at radius 2 is 1.85 bits per heavy atom. The summed E-state index contributed by atoms with van der Waals surface area (Å²) in [5.41, 5.74) is 1.32. The van der Waals surface area contributed by atoms with E-state index in [0.717, 1.165) is 0 Å². The molecule has 0 aliphatic carbocycles. The first-order valence-corrected chi connectivity index (χ1v) is 6.44. The van der Waals surface area contributed by atoms with Gasteiger partial charge in [0, 0.05) is 18.7 Å². The minimum atomic E-state index is -0.961. The Balaban J connectivity index is 2.71. The van der Waals surface area contributed by atoms with E-state index in [1.54, 1.807) is 24.3 Å². The third-order valence-electron chi connectivity index (χ3n) is 2.91. The Labute approximate surface area is 117 Å². The van der Waals surface area contributed by atoms with Crippen LogP contribution in [0.4, 0.5) is 5.69 Å². The SMILES string of the molecule is CCC(NCC(=O)O)C(O)c1ccc(NC(C)=O)cc1. The summed E-state index contributed by atoms with van der Waals surface area (Å²) in [5.74, 6) is -1.12. The van der Waals surface area contributed by atoms with Gasteiger partial charge in [-0.2, -0.15) is 0 Å². The summed E-state index contributed by atoms with van der Waals surface area (Å²) in [7, 11) is 0. The topological polar surface area (TPSA) is 98.7 Å². The second-order valence-electron chi connectivity index (χ2n) is 4.54. The maximum atomic E-state index is 10.9. The van der Waals surface area contributed by atoms with Crippen LogP contribution in [0.2, 0.25) is 0 Å². The smallest absolute Gasteiger partial charge is 0.317 e. The van der Waals surface area contributed by atoms with Crippen molar-refractivity contribution in [3.8, 4) is 0 Å². The van der Waals surface area contributed by atoms with Crippen molar-refractivity contribution in [3.63, 3.8) is 0 Å². The predicted octanol–water partition coefficient (Wildman–Crippen LogP) is 1.13. The molecule has 4 N–H and O–H groups in total. The number of aliphatic hydroxyl groups is 1. The van der Waals surface area contributed by atoms with E-state index in [0.29, 0.717) is 17.7 Å². The van der Waals surface area contributed by atoms with Gasteiger partial charge >= 0.3 is 5.97 Å². The molecule has 0 aromatic heterocycles. The van der Waals surface area contributed by atoms with Gasteiger partial charge in [0.25, 0.3) is 0 Å². The number of rotatable bonds is 7. The van der Waals surface area contributed by atoms with Gasteiger partial charge in [0.1, 0.15) is 0 Å². The Hall–Kier alpha value is -1.92. The molecule has 1 rings (SSSR count). The van der Waals surface area contributed by atoms with Crippen LogP contribution in [0.5, 0.6) is 0 Å². The Morgan fingerprint density at radius 3 is 2.30 bits per heavy atom. The summed E-state index contributed by atoms with van der Waals surface area (Å²) >= 11 is 0. The minimum absolute atomic E-state index is 0.159. The number of carbonyl (C=O) groups excluding carboxylic acids is 1. The molecule has 6 heteroatoms. The molecule has 0 saturated heterocycles. The molecule has 0 heterocycles. The lowest BCUT2D eigenvalue weighted by atomic mass is 10.00. The molecule has 110 valence electrons. The summed E-state index contributed by atoms with van der Waals surface area (Å²) in [5, 5.41) is 24.3. The van der Waals surface area contributed by atoms with E-state index >= 15 is 0 Å². The Bertz CT molecular complexity index is 459. The van der Waals surface area contributed by atoms with Gasteiger partial charge in [0.15, 0.2) is 0 Å². The van der Waals surface area contributed by atoms with Crippen LogP contribution < -0.4 is 10.6 Å². The highest BCUT2D eigenvalue weighted by Crippen LogP contribution is 2.20. The number of carboxylic acids is 1. The third kappa shape index (κ3) is 4.99. The monoisotopic (exact) mass is 280 g/mol. The molecule has 2 atom stereocenters. The van der Waals surface area contributed by atoms with Gasteiger partial charge in [-0.25, -0.2) is 0 Å². The predicted molar refractivity (Wildman–Crippen MR) is 75.4 cm³/mol. The first kappa shape index (κ1) is 16.1. The van der Waals surface area contributed by atoms with Crippen molar-refractivity contribution >= 4 is 17.6 Å². The molecule has 2 unspecified atom stereocenters. The number of benzene rings is 1. The highest BCUT2D eigenvalue weighted by atomic mass is 16.4. The van der Waals surface area contributed by atoms with E-state index in [1.807, 2.05) is 6.92 Å². The van der Waals surface area contributed by atoms with Crippen molar-refractivity contribution in [1.82, 2.24) is 5.32 Å². The molecular formula is C14H20N2O4.